The van der Waals surface area contributed by atoms with E-state index in [4.69, 9.17) is 0 Å². The van der Waals surface area contributed by atoms with Gasteiger partial charge >= 0.3 is 12.8 Å². The first-order valence-electron chi connectivity index (χ1n) is 10.5. The van der Waals surface area contributed by atoms with Gasteiger partial charge in [0.15, 0.2) is 0 Å². The summed E-state index contributed by atoms with van der Waals surface area (Å²) < 4.78 is 71.2. The van der Waals surface area contributed by atoms with Gasteiger partial charge < -0.3 is 15.0 Å². The second kappa shape index (κ2) is 9.08. The van der Waals surface area contributed by atoms with Gasteiger partial charge in [0.1, 0.15) is 11.4 Å². The molecule has 1 aliphatic heterocycles. The number of piperidine rings is 1. The number of ether oxygens (including phenoxy) is 1. The number of benzene rings is 1. The van der Waals surface area contributed by atoms with E-state index in [1.807, 2.05) is 0 Å². The minimum Gasteiger partial charge on any atom is -0.434 e. The summed E-state index contributed by atoms with van der Waals surface area (Å²) in [5.74, 6) is -0.269. The number of hydrogen-bond acceptors (Lipinski definition) is 6. The molecule has 0 bridgehead atoms. The SMILES string of the molecule is CCN1CCC[C@@H](Nc2nnc(-c3ccc(C(F)(F)F)cc3OC(F)F)c3cc(C)nn23)C1. The second-order valence-electron chi connectivity index (χ2n) is 7.92. The van der Waals surface area contributed by atoms with Gasteiger partial charge in [-0.2, -0.15) is 31.6 Å². The summed E-state index contributed by atoms with van der Waals surface area (Å²) in [4.78, 5) is 2.31. The van der Waals surface area contributed by atoms with Crippen LogP contribution in [0, 0.1) is 6.92 Å². The monoisotopic (exact) mass is 470 g/mol. The molecule has 7 nitrogen and oxygen atoms in total. The van der Waals surface area contributed by atoms with Crippen LogP contribution in [0.5, 0.6) is 5.75 Å². The Kier molecular flexibility index (Phi) is 6.37. The molecule has 4 rings (SSSR count). The van der Waals surface area contributed by atoms with Gasteiger partial charge in [0.05, 0.1) is 16.8 Å². The van der Waals surface area contributed by atoms with Gasteiger partial charge in [-0.05, 0) is 57.1 Å². The molecule has 3 heterocycles. The summed E-state index contributed by atoms with van der Waals surface area (Å²) in [7, 11) is 0. The van der Waals surface area contributed by atoms with E-state index in [1.165, 1.54) is 4.52 Å². The average Bonchev–Trinajstić information content (AvgIpc) is 3.15. The van der Waals surface area contributed by atoms with E-state index in [9.17, 15) is 22.0 Å². The van der Waals surface area contributed by atoms with Crippen LogP contribution >= 0.6 is 0 Å². The van der Waals surface area contributed by atoms with Crippen molar-refractivity contribution in [1.82, 2.24) is 24.7 Å². The number of hydrogen-bond donors (Lipinski definition) is 1. The van der Waals surface area contributed by atoms with Crippen molar-refractivity contribution in [2.45, 2.75) is 45.5 Å². The van der Waals surface area contributed by atoms with E-state index in [0.29, 0.717) is 23.2 Å². The Bertz CT molecular complexity index is 1130. The van der Waals surface area contributed by atoms with Crippen LogP contribution in [0.4, 0.5) is 27.9 Å². The molecule has 0 unspecified atom stereocenters. The van der Waals surface area contributed by atoms with Crippen molar-refractivity contribution < 1.29 is 26.7 Å². The van der Waals surface area contributed by atoms with Crippen molar-refractivity contribution in [1.29, 1.82) is 0 Å². The molecule has 1 aromatic carbocycles. The summed E-state index contributed by atoms with van der Waals surface area (Å²) in [6.07, 6.45) is -2.75. The molecule has 1 atom stereocenters. The Balaban J connectivity index is 1.76. The molecule has 1 aliphatic rings. The highest BCUT2D eigenvalue weighted by molar-refractivity contribution is 5.81. The van der Waals surface area contributed by atoms with Crippen molar-refractivity contribution in [2.24, 2.45) is 0 Å². The predicted octanol–water partition coefficient (Wildman–Crippen LogP) is 4.62. The fraction of sp³-hybridized carbons (Fsp3) is 0.476. The minimum absolute atomic E-state index is 0.0397. The van der Waals surface area contributed by atoms with Gasteiger partial charge in [-0.1, -0.05) is 6.92 Å². The Labute approximate surface area is 186 Å². The van der Waals surface area contributed by atoms with E-state index in [-0.39, 0.29) is 17.3 Å². The summed E-state index contributed by atoms with van der Waals surface area (Å²) >= 11 is 0. The highest BCUT2D eigenvalue weighted by atomic mass is 19.4. The Morgan fingerprint density at radius 2 is 2.00 bits per heavy atom. The van der Waals surface area contributed by atoms with Crippen LogP contribution in [-0.4, -0.2) is 57.0 Å². The maximum Gasteiger partial charge on any atom is 0.416 e. The second-order valence-corrected chi connectivity index (χ2v) is 7.92. The average molecular weight is 470 g/mol. The molecule has 0 amide bonds. The third-order valence-electron chi connectivity index (χ3n) is 5.59. The molecule has 12 heteroatoms. The zero-order valence-corrected chi connectivity index (χ0v) is 18.0. The van der Waals surface area contributed by atoms with Gasteiger partial charge in [-0.3, -0.25) is 0 Å². The highest BCUT2D eigenvalue weighted by Crippen LogP contribution is 2.38. The summed E-state index contributed by atoms with van der Waals surface area (Å²) in [5, 5.41) is 16.1. The van der Waals surface area contributed by atoms with Crippen LogP contribution in [0.3, 0.4) is 0 Å². The topological polar surface area (TPSA) is 67.6 Å². The number of alkyl halides is 5. The number of aryl methyl sites for hydroxylation is 1. The van der Waals surface area contributed by atoms with Crippen LogP contribution < -0.4 is 10.1 Å². The zero-order valence-electron chi connectivity index (χ0n) is 18.0. The number of likely N-dealkylation sites (tertiary alicyclic amines) is 1. The third-order valence-corrected chi connectivity index (χ3v) is 5.59. The van der Waals surface area contributed by atoms with Crippen molar-refractivity contribution in [2.75, 3.05) is 25.0 Å². The zero-order chi connectivity index (χ0) is 23.8. The molecular weight excluding hydrogens is 447 g/mol. The van der Waals surface area contributed by atoms with Gasteiger partial charge in [-0.25, -0.2) is 0 Å². The standard InChI is InChI=1S/C21H23F5N6O/c1-3-31-8-4-5-14(11-31)27-20-29-28-18(16-9-12(2)30-32(16)20)15-7-6-13(21(24,25)26)10-17(15)33-19(22)23/h6-7,9-10,14,19H,3-5,8,11H2,1-2H3,(H,27,29)/t14-/m1/s1. The molecule has 3 aromatic rings. The quantitative estimate of drug-likeness (QED) is 0.531. The van der Waals surface area contributed by atoms with Crippen molar-refractivity contribution in [3.05, 3.63) is 35.5 Å². The maximum atomic E-state index is 13.1. The van der Waals surface area contributed by atoms with Gasteiger partial charge in [0, 0.05) is 18.2 Å². The molecule has 1 N–H and O–H groups in total. The molecule has 33 heavy (non-hydrogen) atoms. The molecule has 0 spiro atoms. The number of nitrogens with one attached hydrogen (secondary N) is 1. The predicted molar refractivity (Wildman–Crippen MR) is 111 cm³/mol. The van der Waals surface area contributed by atoms with Gasteiger partial charge in [0.25, 0.3) is 0 Å². The van der Waals surface area contributed by atoms with E-state index in [2.05, 4.69) is 37.2 Å². The highest BCUT2D eigenvalue weighted by Gasteiger charge is 2.32. The minimum atomic E-state index is -4.72. The number of aromatic nitrogens is 4. The van der Waals surface area contributed by atoms with Crippen molar-refractivity contribution in [3.63, 3.8) is 0 Å². The lowest BCUT2D eigenvalue weighted by atomic mass is 10.1. The van der Waals surface area contributed by atoms with Crippen molar-refractivity contribution >= 4 is 11.5 Å². The molecule has 1 fully saturated rings. The summed E-state index contributed by atoms with van der Waals surface area (Å²) in [6.45, 7) is 3.30. The summed E-state index contributed by atoms with van der Waals surface area (Å²) in [5.41, 5.74) is -0.0405. The first kappa shape index (κ1) is 23.1. The molecule has 178 valence electrons. The number of fused-ring (bicyclic) bond motifs is 1. The molecular formula is C21H23F5N6O. The van der Waals surface area contributed by atoms with Crippen LogP contribution in [-0.2, 0) is 6.18 Å². The fourth-order valence-corrected chi connectivity index (χ4v) is 4.03. The first-order valence-corrected chi connectivity index (χ1v) is 10.5. The Morgan fingerprint density at radius 1 is 1.21 bits per heavy atom. The lowest BCUT2D eigenvalue weighted by molar-refractivity contribution is -0.138. The summed E-state index contributed by atoms with van der Waals surface area (Å²) in [6, 6.07) is 4.17. The molecule has 1 saturated heterocycles. The van der Waals surface area contributed by atoms with Gasteiger partial charge in [-0.15, -0.1) is 10.2 Å². The fourth-order valence-electron chi connectivity index (χ4n) is 4.03. The molecule has 0 radical (unpaired) electrons. The van der Waals surface area contributed by atoms with Crippen molar-refractivity contribution in [3.8, 4) is 17.0 Å². The van der Waals surface area contributed by atoms with Crippen LogP contribution in [0.2, 0.25) is 0 Å². The number of anilines is 1. The van der Waals surface area contributed by atoms with E-state index in [0.717, 1.165) is 44.6 Å². The lowest BCUT2D eigenvalue weighted by Crippen LogP contribution is -2.42. The van der Waals surface area contributed by atoms with Gasteiger partial charge in [0.2, 0.25) is 5.95 Å². The van der Waals surface area contributed by atoms with E-state index >= 15 is 0 Å². The maximum absolute atomic E-state index is 13.1. The van der Waals surface area contributed by atoms with Crippen LogP contribution in [0.15, 0.2) is 24.3 Å². The molecule has 2 aromatic heterocycles. The largest absolute Gasteiger partial charge is 0.434 e. The van der Waals surface area contributed by atoms with Crippen LogP contribution in [0.1, 0.15) is 31.0 Å². The number of rotatable bonds is 6. The smallest absolute Gasteiger partial charge is 0.416 e. The van der Waals surface area contributed by atoms with E-state index < -0.39 is 24.1 Å². The first-order chi connectivity index (χ1) is 15.7. The number of likely N-dealkylation sites (N-methyl/N-ethyl adjacent to an activating group) is 1. The number of halogens is 5. The van der Waals surface area contributed by atoms with Crippen LogP contribution in [0.25, 0.3) is 16.8 Å². The lowest BCUT2D eigenvalue weighted by Gasteiger charge is -2.32. The molecule has 0 aliphatic carbocycles. The Morgan fingerprint density at radius 3 is 2.70 bits per heavy atom. The Hall–Kier alpha value is -3.02. The normalized spacial score (nSPS) is 17.6. The van der Waals surface area contributed by atoms with E-state index in [1.54, 1.807) is 13.0 Å². The molecule has 0 saturated carbocycles. The number of nitrogens with zero attached hydrogens (tertiary/aromatic N) is 5. The third kappa shape index (κ3) is 5.00.